The Balaban J connectivity index is 1.74. The minimum Gasteiger partial charge on any atom is -0.481 e. The lowest BCUT2D eigenvalue weighted by Gasteiger charge is -2.10. The molecule has 0 unspecified atom stereocenters. The molecule has 0 fully saturated rings. The van der Waals surface area contributed by atoms with Crippen molar-refractivity contribution in [1.29, 1.82) is 0 Å². The first kappa shape index (κ1) is 25.3. The van der Waals surface area contributed by atoms with E-state index in [4.69, 9.17) is 5.11 Å². The number of nitrogens with one attached hydrogen (secondary N) is 3. The standard InChI is InChI=1S/C22H17F2N7O5S/c1-2-25-21(35)30-22-29-18-16(24)11(6-12(19(18)37-22)17-13(23)4-3-5-26-17)10-8-27-20(28-9-10)31-36-15(34)7-14(32)33/h3-6,8-9H,2,7H2,1H3,(H,32,33)(H,27,28,31)(H2,25,29,30,35). The van der Waals surface area contributed by atoms with Gasteiger partial charge in [0.15, 0.2) is 10.9 Å². The first-order valence-corrected chi connectivity index (χ1v) is 11.4. The van der Waals surface area contributed by atoms with Crippen LogP contribution in [0.3, 0.4) is 0 Å². The fourth-order valence-electron chi connectivity index (χ4n) is 3.16. The van der Waals surface area contributed by atoms with Crippen LogP contribution in [0.1, 0.15) is 13.3 Å². The van der Waals surface area contributed by atoms with Crippen LogP contribution < -0.4 is 16.1 Å². The van der Waals surface area contributed by atoms with Gasteiger partial charge in [-0.2, -0.15) is 5.48 Å². The fraction of sp³-hybridized carbons (Fsp3) is 0.136. The Morgan fingerprint density at radius 3 is 2.57 bits per heavy atom. The van der Waals surface area contributed by atoms with Crippen LogP contribution in [-0.4, -0.2) is 49.6 Å². The van der Waals surface area contributed by atoms with Gasteiger partial charge in [-0.1, -0.05) is 11.3 Å². The minimum atomic E-state index is -1.37. The molecule has 4 rings (SSSR count). The van der Waals surface area contributed by atoms with Crippen molar-refractivity contribution in [3.8, 4) is 22.4 Å². The first-order valence-electron chi connectivity index (χ1n) is 10.6. The summed E-state index contributed by atoms with van der Waals surface area (Å²) in [7, 11) is 0. The third-order valence-corrected chi connectivity index (χ3v) is 5.69. The number of rotatable bonds is 8. The highest BCUT2D eigenvalue weighted by Crippen LogP contribution is 2.40. The van der Waals surface area contributed by atoms with Gasteiger partial charge in [0.05, 0.1) is 4.70 Å². The second-order valence-electron chi connectivity index (χ2n) is 7.24. The van der Waals surface area contributed by atoms with Gasteiger partial charge >= 0.3 is 18.0 Å². The zero-order chi connectivity index (χ0) is 26.5. The van der Waals surface area contributed by atoms with E-state index < -0.39 is 36.0 Å². The minimum absolute atomic E-state index is 0.0307. The summed E-state index contributed by atoms with van der Waals surface area (Å²) in [5.74, 6) is -4.05. The highest BCUT2D eigenvalue weighted by atomic mass is 32.1. The number of anilines is 2. The number of halogens is 2. The topological polar surface area (TPSA) is 168 Å². The summed E-state index contributed by atoms with van der Waals surface area (Å²) >= 11 is 0.954. The van der Waals surface area contributed by atoms with E-state index in [1.807, 2.05) is 0 Å². The molecule has 0 aliphatic heterocycles. The Labute approximate surface area is 210 Å². The van der Waals surface area contributed by atoms with Crippen molar-refractivity contribution in [2.75, 3.05) is 17.3 Å². The third-order valence-electron chi connectivity index (χ3n) is 4.69. The van der Waals surface area contributed by atoms with Crippen molar-refractivity contribution >= 4 is 50.6 Å². The highest BCUT2D eigenvalue weighted by Gasteiger charge is 2.22. The summed E-state index contributed by atoms with van der Waals surface area (Å²) in [5, 5.41) is 13.7. The summed E-state index contributed by atoms with van der Waals surface area (Å²) in [6, 6.07) is 3.46. The van der Waals surface area contributed by atoms with Crippen LogP contribution >= 0.6 is 11.3 Å². The maximum atomic E-state index is 15.6. The molecule has 0 aliphatic rings. The average Bonchev–Trinajstić information content (AvgIpc) is 3.28. The van der Waals surface area contributed by atoms with E-state index in [0.717, 1.165) is 11.3 Å². The monoisotopic (exact) mass is 529 g/mol. The number of hydrogen-bond donors (Lipinski definition) is 4. The maximum Gasteiger partial charge on any atom is 0.343 e. The Morgan fingerprint density at radius 2 is 1.89 bits per heavy atom. The number of carbonyl (C=O) groups is 3. The number of amides is 2. The van der Waals surface area contributed by atoms with Gasteiger partial charge in [0, 0.05) is 41.8 Å². The number of pyridine rings is 1. The number of nitrogens with zero attached hydrogens (tertiary/aromatic N) is 4. The molecule has 0 atom stereocenters. The van der Waals surface area contributed by atoms with E-state index in [2.05, 4.69) is 40.9 Å². The van der Waals surface area contributed by atoms with Crippen LogP contribution in [0.2, 0.25) is 0 Å². The predicted molar refractivity (Wildman–Crippen MR) is 128 cm³/mol. The van der Waals surface area contributed by atoms with Crippen molar-refractivity contribution in [2.45, 2.75) is 13.3 Å². The number of carboxylic acids is 1. The van der Waals surface area contributed by atoms with Gasteiger partial charge in [-0.05, 0) is 25.1 Å². The van der Waals surface area contributed by atoms with Crippen molar-refractivity contribution in [1.82, 2.24) is 25.3 Å². The Bertz CT molecular complexity index is 1500. The fourth-order valence-corrected chi connectivity index (χ4v) is 4.13. The Kier molecular flexibility index (Phi) is 7.43. The van der Waals surface area contributed by atoms with Gasteiger partial charge in [-0.25, -0.2) is 33.3 Å². The predicted octanol–water partition coefficient (Wildman–Crippen LogP) is 3.58. The first-order chi connectivity index (χ1) is 17.8. The largest absolute Gasteiger partial charge is 0.481 e. The molecular weight excluding hydrogens is 512 g/mol. The number of hydrogen-bond acceptors (Lipinski definition) is 10. The molecule has 12 nitrogen and oxygen atoms in total. The molecule has 3 aromatic heterocycles. The smallest absolute Gasteiger partial charge is 0.343 e. The molecule has 15 heteroatoms. The number of fused-ring (bicyclic) bond motifs is 1. The molecule has 4 aromatic rings. The van der Waals surface area contributed by atoms with Crippen LogP contribution in [0.5, 0.6) is 0 Å². The SMILES string of the molecule is CCNC(=O)Nc1nc2c(F)c(-c3cnc(NOC(=O)CC(=O)O)nc3)cc(-c3ncccc3F)c2s1. The molecule has 190 valence electrons. The quantitative estimate of drug-likeness (QED) is 0.196. The maximum absolute atomic E-state index is 15.6. The van der Waals surface area contributed by atoms with Crippen LogP contribution in [0, 0.1) is 11.6 Å². The summed E-state index contributed by atoms with van der Waals surface area (Å²) in [4.78, 5) is 54.5. The highest BCUT2D eigenvalue weighted by molar-refractivity contribution is 7.22. The molecule has 2 amide bonds. The van der Waals surface area contributed by atoms with Gasteiger partial charge in [-0.15, -0.1) is 0 Å². The van der Waals surface area contributed by atoms with Gasteiger partial charge < -0.3 is 15.3 Å². The number of carboxylic acid groups (broad SMARTS) is 1. The van der Waals surface area contributed by atoms with E-state index >= 15 is 4.39 Å². The number of thiazole rings is 1. The molecule has 1 aromatic carbocycles. The molecule has 0 spiro atoms. The number of aliphatic carboxylic acids is 1. The molecule has 37 heavy (non-hydrogen) atoms. The van der Waals surface area contributed by atoms with Crippen molar-refractivity contribution in [3.05, 3.63) is 48.4 Å². The van der Waals surface area contributed by atoms with Crippen LogP contribution in [0.15, 0.2) is 36.8 Å². The van der Waals surface area contributed by atoms with Crippen molar-refractivity contribution in [2.24, 2.45) is 0 Å². The summed E-state index contributed by atoms with van der Waals surface area (Å²) in [6.07, 6.45) is 2.94. The Morgan fingerprint density at radius 1 is 1.14 bits per heavy atom. The summed E-state index contributed by atoms with van der Waals surface area (Å²) in [6.45, 7) is 2.10. The molecule has 0 radical (unpaired) electrons. The van der Waals surface area contributed by atoms with Crippen LogP contribution in [0.4, 0.5) is 24.7 Å². The lowest BCUT2D eigenvalue weighted by molar-refractivity contribution is -0.149. The molecule has 0 saturated carbocycles. The van der Waals surface area contributed by atoms with Gasteiger partial charge in [0.2, 0.25) is 0 Å². The zero-order valence-corrected chi connectivity index (χ0v) is 19.7. The van der Waals surface area contributed by atoms with E-state index in [1.54, 1.807) is 6.92 Å². The van der Waals surface area contributed by atoms with E-state index in [1.165, 1.54) is 36.8 Å². The molecule has 0 bridgehead atoms. The third kappa shape index (κ3) is 5.72. The number of urea groups is 1. The number of carbonyl (C=O) groups excluding carboxylic acids is 2. The lowest BCUT2D eigenvalue weighted by atomic mass is 10.0. The van der Waals surface area contributed by atoms with Crippen molar-refractivity contribution < 1.29 is 33.1 Å². The van der Waals surface area contributed by atoms with Gasteiger partial charge in [0.25, 0.3) is 5.95 Å². The van der Waals surface area contributed by atoms with Gasteiger partial charge in [0.1, 0.15) is 23.4 Å². The van der Waals surface area contributed by atoms with Gasteiger partial charge in [-0.3, -0.25) is 15.1 Å². The summed E-state index contributed by atoms with van der Waals surface area (Å²) in [5.41, 5.74) is 2.30. The van der Waals surface area contributed by atoms with Crippen LogP contribution in [0.25, 0.3) is 32.6 Å². The second kappa shape index (κ2) is 10.9. The average molecular weight is 529 g/mol. The van der Waals surface area contributed by atoms with Crippen LogP contribution in [-0.2, 0) is 14.4 Å². The van der Waals surface area contributed by atoms with E-state index in [-0.39, 0.29) is 43.7 Å². The number of benzene rings is 1. The molecule has 0 saturated heterocycles. The molecular formula is C22H17F2N7O5S. The molecule has 4 N–H and O–H groups in total. The normalized spacial score (nSPS) is 10.7. The second-order valence-corrected chi connectivity index (χ2v) is 8.24. The Hall–Kier alpha value is -4.79. The molecule has 3 heterocycles. The van der Waals surface area contributed by atoms with E-state index in [0.29, 0.717) is 6.54 Å². The summed E-state index contributed by atoms with van der Waals surface area (Å²) < 4.78 is 30.6. The zero-order valence-electron chi connectivity index (χ0n) is 18.9. The number of aromatic nitrogens is 4. The van der Waals surface area contributed by atoms with E-state index in [9.17, 15) is 18.8 Å². The lowest BCUT2D eigenvalue weighted by Crippen LogP contribution is -2.28. The molecule has 0 aliphatic carbocycles. The van der Waals surface area contributed by atoms with Crippen molar-refractivity contribution in [3.63, 3.8) is 0 Å².